The van der Waals surface area contributed by atoms with Crippen LogP contribution in [0.15, 0.2) is 18.2 Å². The second kappa shape index (κ2) is 7.52. The number of ether oxygens (including phenoxy) is 1. The molecule has 0 aliphatic carbocycles. The van der Waals surface area contributed by atoms with Crippen LogP contribution in [-0.2, 0) is 9.53 Å². The van der Waals surface area contributed by atoms with Gasteiger partial charge in [0.1, 0.15) is 0 Å². The molecule has 0 radical (unpaired) electrons. The molecule has 0 aromatic heterocycles. The van der Waals surface area contributed by atoms with Gasteiger partial charge in [0.2, 0.25) is 5.91 Å². The zero-order chi connectivity index (χ0) is 16.0. The zero-order valence-corrected chi connectivity index (χ0v) is 13.0. The van der Waals surface area contributed by atoms with Crippen LogP contribution in [0.25, 0.3) is 0 Å². The van der Waals surface area contributed by atoms with Crippen molar-refractivity contribution in [3.63, 3.8) is 0 Å². The molecule has 0 atom stereocenters. The van der Waals surface area contributed by atoms with Crippen molar-refractivity contribution in [3.8, 4) is 0 Å². The van der Waals surface area contributed by atoms with Crippen LogP contribution in [0.1, 0.15) is 31.1 Å². The molecule has 1 aromatic rings. The van der Waals surface area contributed by atoms with Gasteiger partial charge in [-0.3, -0.25) is 4.79 Å². The molecule has 3 N–H and O–H groups in total. The Morgan fingerprint density at radius 2 is 2.05 bits per heavy atom. The van der Waals surface area contributed by atoms with Gasteiger partial charge in [-0.1, -0.05) is 0 Å². The molecule has 0 bridgehead atoms. The fourth-order valence-corrected chi connectivity index (χ4v) is 2.00. The van der Waals surface area contributed by atoms with Crippen molar-refractivity contribution in [3.05, 3.63) is 23.8 Å². The first kappa shape index (κ1) is 16.8. The molecule has 0 saturated carbocycles. The minimum absolute atomic E-state index is 0.0664. The Bertz CT molecular complexity index is 515. The van der Waals surface area contributed by atoms with E-state index < -0.39 is 5.97 Å². The number of carbonyl (C=O) groups excluding carboxylic acids is 2. The van der Waals surface area contributed by atoms with Crippen molar-refractivity contribution >= 4 is 23.3 Å². The number of nitrogen functional groups attached to an aromatic ring is 1. The summed E-state index contributed by atoms with van der Waals surface area (Å²) < 4.78 is 4.65. The number of benzene rings is 1. The van der Waals surface area contributed by atoms with Crippen LogP contribution in [0.4, 0.5) is 11.4 Å². The van der Waals surface area contributed by atoms with Gasteiger partial charge in [-0.25, -0.2) is 4.79 Å². The Morgan fingerprint density at radius 3 is 2.52 bits per heavy atom. The molecule has 1 aromatic carbocycles. The number of likely N-dealkylation sites (N-methyl/N-ethyl adjacent to an activating group) is 1. The fraction of sp³-hybridized carbons (Fsp3) is 0.467. The predicted octanol–water partition coefficient (Wildman–Crippen LogP) is 1.41. The van der Waals surface area contributed by atoms with Gasteiger partial charge in [0, 0.05) is 12.6 Å². The van der Waals surface area contributed by atoms with Gasteiger partial charge >= 0.3 is 5.97 Å². The van der Waals surface area contributed by atoms with E-state index in [1.807, 2.05) is 25.7 Å². The highest BCUT2D eigenvalue weighted by Crippen LogP contribution is 2.24. The highest BCUT2D eigenvalue weighted by Gasteiger charge is 2.15. The van der Waals surface area contributed by atoms with Crippen LogP contribution < -0.4 is 16.0 Å². The molecule has 0 spiro atoms. The number of hydrogen-bond acceptors (Lipinski definition) is 5. The molecule has 0 saturated heterocycles. The highest BCUT2D eigenvalue weighted by molar-refractivity contribution is 5.92. The van der Waals surface area contributed by atoms with Gasteiger partial charge in [0.15, 0.2) is 0 Å². The first-order valence-electron chi connectivity index (χ1n) is 6.91. The third-order valence-electron chi connectivity index (χ3n) is 2.96. The normalized spacial score (nSPS) is 10.3. The number of carbonyl (C=O) groups is 2. The Labute approximate surface area is 125 Å². The molecule has 0 unspecified atom stereocenters. The molecule has 0 heterocycles. The van der Waals surface area contributed by atoms with Crippen molar-refractivity contribution in [1.82, 2.24) is 5.32 Å². The summed E-state index contributed by atoms with van der Waals surface area (Å²) in [5.41, 5.74) is 7.54. The average molecular weight is 293 g/mol. The minimum Gasteiger partial charge on any atom is -0.465 e. The van der Waals surface area contributed by atoms with E-state index in [2.05, 4.69) is 10.1 Å². The van der Waals surface area contributed by atoms with E-state index in [9.17, 15) is 9.59 Å². The third-order valence-corrected chi connectivity index (χ3v) is 2.96. The molecule has 0 fully saturated rings. The maximum Gasteiger partial charge on any atom is 0.337 e. The lowest BCUT2D eigenvalue weighted by molar-refractivity contribution is -0.120. The summed E-state index contributed by atoms with van der Waals surface area (Å²) in [4.78, 5) is 25.2. The van der Waals surface area contributed by atoms with Gasteiger partial charge < -0.3 is 20.7 Å². The molecule has 1 rings (SSSR count). The Morgan fingerprint density at radius 1 is 1.38 bits per heavy atom. The summed E-state index contributed by atoms with van der Waals surface area (Å²) >= 11 is 0. The first-order chi connectivity index (χ1) is 9.88. The molecule has 0 aliphatic heterocycles. The van der Waals surface area contributed by atoms with Gasteiger partial charge in [0.05, 0.1) is 30.6 Å². The van der Waals surface area contributed by atoms with Crippen LogP contribution in [0.5, 0.6) is 0 Å². The van der Waals surface area contributed by atoms with E-state index in [0.717, 1.165) is 5.69 Å². The largest absolute Gasteiger partial charge is 0.465 e. The quantitative estimate of drug-likeness (QED) is 0.612. The van der Waals surface area contributed by atoms with Crippen LogP contribution >= 0.6 is 0 Å². The number of nitrogens with two attached hydrogens (primary N) is 1. The molecule has 6 heteroatoms. The highest BCUT2D eigenvalue weighted by atomic mass is 16.5. The second-order valence-corrected chi connectivity index (χ2v) is 5.00. The maximum absolute atomic E-state index is 11.9. The van der Waals surface area contributed by atoms with E-state index in [-0.39, 0.29) is 18.5 Å². The average Bonchev–Trinajstić information content (AvgIpc) is 2.43. The number of nitrogens with zero attached hydrogens (tertiary/aromatic N) is 1. The van der Waals surface area contributed by atoms with Crippen LogP contribution in [0, 0.1) is 0 Å². The Kier molecular flexibility index (Phi) is 6.02. The van der Waals surface area contributed by atoms with Gasteiger partial charge in [-0.05, 0) is 39.0 Å². The number of methoxy groups -OCH3 is 1. The number of anilines is 2. The lowest BCUT2D eigenvalue weighted by Crippen LogP contribution is -2.40. The lowest BCUT2D eigenvalue weighted by atomic mass is 10.1. The number of rotatable bonds is 6. The van der Waals surface area contributed by atoms with E-state index in [1.165, 1.54) is 7.11 Å². The summed E-state index contributed by atoms with van der Waals surface area (Å²) in [6.07, 6.45) is 0. The smallest absolute Gasteiger partial charge is 0.337 e. The van der Waals surface area contributed by atoms with Gasteiger partial charge in [0.25, 0.3) is 0 Å². The van der Waals surface area contributed by atoms with Gasteiger partial charge in [-0.15, -0.1) is 0 Å². The standard InChI is InChI=1S/C15H23N3O3/c1-5-18(9-14(19)17-10(2)3)13-7-6-11(8-12(13)16)15(20)21-4/h6-8,10H,5,9,16H2,1-4H3,(H,17,19). The Balaban J connectivity index is 2.91. The van der Waals surface area contributed by atoms with Crippen molar-refractivity contribution < 1.29 is 14.3 Å². The third kappa shape index (κ3) is 4.66. The lowest BCUT2D eigenvalue weighted by Gasteiger charge is -2.24. The van der Waals surface area contributed by atoms with Crippen LogP contribution in [0.3, 0.4) is 0 Å². The molecule has 0 aliphatic rings. The van der Waals surface area contributed by atoms with E-state index in [1.54, 1.807) is 18.2 Å². The fourth-order valence-electron chi connectivity index (χ4n) is 2.00. The van der Waals surface area contributed by atoms with Crippen molar-refractivity contribution in [2.45, 2.75) is 26.8 Å². The minimum atomic E-state index is -0.436. The molecule has 21 heavy (non-hydrogen) atoms. The van der Waals surface area contributed by atoms with Crippen molar-refractivity contribution in [2.24, 2.45) is 0 Å². The number of hydrogen-bond donors (Lipinski definition) is 2. The SMILES string of the molecule is CCN(CC(=O)NC(C)C)c1ccc(C(=O)OC)cc1N. The molecule has 1 amide bonds. The predicted molar refractivity (Wildman–Crippen MR) is 83.4 cm³/mol. The summed E-state index contributed by atoms with van der Waals surface area (Å²) in [7, 11) is 1.32. The van der Waals surface area contributed by atoms with Crippen molar-refractivity contribution in [1.29, 1.82) is 0 Å². The van der Waals surface area contributed by atoms with Crippen molar-refractivity contribution in [2.75, 3.05) is 30.8 Å². The molecular weight excluding hydrogens is 270 g/mol. The first-order valence-corrected chi connectivity index (χ1v) is 6.91. The molecule has 116 valence electrons. The maximum atomic E-state index is 11.9. The number of esters is 1. The molecule has 6 nitrogen and oxygen atoms in total. The molecular formula is C15H23N3O3. The summed E-state index contributed by atoms with van der Waals surface area (Å²) in [6.45, 7) is 6.61. The zero-order valence-electron chi connectivity index (χ0n) is 13.0. The summed E-state index contributed by atoms with van der Waals surface area (Å²) in [6, 6.07) is 5.02. The number of amides is 1. The topological polar surface area (TPSA) is 84.7 Å². The monoisotopic (exact) mass is 293 g/mol. The second-order valence-electron chi connectivity index (χ2n) is 5.00. The Hall–Kier alpha value is -2.24. The van der Waals surface area contributed by atoms with Gasteiger partial charge in [-0.2, -0.15) is 0 Å². The van der Waals surface area contributed by atoms with E-state index in [0.29, 0.717) is 17.8 Å². The summed E-state index contributed by atoms with van der Waals surface area (Å²) in [5, 5.41) is 2.84. The van der Waals surface area contributed by atoms with E-state index >= 15 is 0 Å². The van der Waals surface area contributed by atoms with Crippen LogP contribution in [0.2, 0.25) is 0 Å². The van der Waals surface area contributed by atoms with Crippen LogP contribution in [-0.4, -0.2) is 38.1 Å². The summed E-state index contributed by atoms with van der Waals surface area (Å²) in [5.74, 6) is -0.503. The number of nitrogens with one attached hydrogen (secondary N) is 1. The van der Waals surface area contributed by atoms with E-state index in [4.69, 9.17) is 5.73 Å².